The second-order valence-corrected chi connectivity index (χ2v) is 8.54. The number of carboxylic acids is 1. The lowest BCUT2D eigenvalue weighted by molar-refractivity contribution is -0.138. The number of carboxylic acid groups (broad SMARTS) is 1. The van der Waals surface area contributed by atoms with Crippen LogP contribution in [0.4, 0.5) is 4.79 Å². The number of aliphatic carboxylic acids is 1. The molecule has 1 aliphatic rings. The van der Waals surface area contributed by atoms with E-state index in [1.807, 2.05) is 26.0 Å². The molecule has 1 fully saturated rings. The Morgan fingerprint density at radius 2 is 1.77 bits per heavy atom. The summed E-state index contributed by atoms with van der Waals surface area (Å²) in [6.45, 7) is 9.53. The third-order valence-electron chi connectivity index (χ3n) is 6.01. The van der Waals surface area contributed by atoms with E-state index in [0.717, 1.165) is 30.6 Å². The quantitative estimate of drug-likeness (QED) is 0.486. The van der Waals surface area contributed by atoms with Gasteiger partial charge in [0.15, 0.2) is 0 Å². The van der Waals surface area contributed by atoms with Gasteiger partial charge in [-0.05, 0) is 61.6 Å². The van der Waals surface area contributed by atoms with Crippen LogP contribution in [0, 0.1) is 17.8 Å². The van der Waals surface area contributed by atoms with Crippen LogP contribution in [-0.4, -0.2) is 47.5 Å². The minimum absolute atomic E-state index is 0.0121. The molecule has 1 aromatic rings. The van der Waals surface area contributed by atoms with Gasteiger partial charge < -0.3 is 25.5 Å². The number of nitrogens with one attached hydrogen (secondary N) is 1. The van der Waals surface area contributed by atoms with Gasteiger partial charge in [0.05, 0.1) is 12.5 Å². The molecule has 0 bridgehead atoms. The molecule has 2 rings (SSSR count). The van der Waals surface area contributed by atoms with E-state index in [1.165, 1.54) is 0 Å². The summed E-state index contributed by atoms with van der Waals surface area (Å²) in [5, 5.41) is 21.4. The van der Waals surface area contributed by atoms with Crippen LogP contribution in [0.2, 0.25) is 0 Å². The number of nitrogens with zero attached hydrogens (tertiary/aromatic N) is 2. The summed E-state index contributed by atoms with van der Waals surface area (Å²) in [4.78, 5) is 25.0. The number of rotatable bonds is 8. The number of carbonyl (C=O) groups is 2. The topological polar surface area (TPSA) is 101 Å². The molecule has 166 valence electrons. The molecule has 1 heterocycles. The third-order valence-corrected chi connectivity index (χ3v) is 6.01. The molecule has 0 aliphatic carbocycles. The summed E-state index contributed by atoms with van der Waals surface area (Å²) in [5.74, 6) is 0.323. The first kappa shape index (κ1) is 23.7. The Kier molecular flexibility index (Phi) is 8.69. The Labute approximate surface area is 179 Å². The number of hydrogen-bond donors (Lipinski definition) is 2. The number of piperidine rings is 1. The highest BCUT2D eigenvalue weighted by molar-refractivity contribution is 6.00. The number of amidine groups is 1. The van der Waals surface area contributed by atoms with Gasteiger partial charge in [-0.25, -0.2) is 0 Å². The van der Waals surface area contributed by atoms with Gasteiger partial charge in [-0.2, -0.15) is 0 Å². The minimum atomic E-state index is -0.837. The molecule has 7 heteroatoms. The van der Waals surface area contributed by atoms with Gasteiger partial charge in [-0.3, -0.25) is 9.59 Å². The summed E-state index contributed by atoms with van der Waals surface area (Å²) >= 11 is 0. The molecule has 0 radical (unpaired) electrons. The van der Waals surface area contributed by atoms with Gasteiger partial charge in [0, 0.05) is 13.1 Å². The molecule has 0 saturated carbocycles. The van der Waals surface area contributed by atoms with Crippen molar-refractivity contribution in [1.29, 1.82) is 0 Å². The molecular weight excluding hydrogens is 382 g/mol. The molecule has 1 aromatic carbocycles. The predicted octanol–water partition coefficient (Wildman–Crippen LogP) is 4.33. The zero-order chi connectivity index (χ0) is 22.3. The molecule has 2 atom stereocenters. The maximum atomic E-state index is 12.2. The highest BCUT2D eigenvalue weighted by atomic mass is 16.5. The van der Waals surface area contributed by atoms with E-state index >= 15 is 0 Å². The van der Waals surface area contributed by atoms with E-state index in [0.29, 0.717) is 31.5 Å². The maximum Gasteiger partial charge on any atom is 0.310 e. The molecule has 1 aliphatic heterocycles. The summed E-state index contributed by atoms with van der Waals surface area (Å²) in [6.07, 6.45) is 2.81. The number of carbonyl (C=O) groups excluding carboxylic acids is 1. The van der Waals surface area contributed by atoms with E-state index < -0.39 is 11.9 Å². The molecule has 2 N–H and O–H groups in total. The zero-order valence-electron chi connectivity index (χ0n) is 18.4. The van der Waals surface area contributed by atoms with E-state index in [9.17, 15) is 15.0 Å². The zero-order valence-corrected chi connectivity index (χ0v) is 18.4. The van der Waals surface area contributed by atoms with Crippen molar-refractivity contribution in [3.63, 3.8) is 0 Å². The first-order chi connectivity index (χ1) is 14.2. The van der Waals surface area contributed by atoms with Gasteiger partial charge in [0.25, 0.3) is 0 Å². The Hall–Kier alpha value is -2.57. The molecule has 2 amide bonds. The monoisotopic (exact) mass is 416 g/mol. The molecular formula is C23H34N3O4-. The van der Waals surface area contributed by atoms with Crippen molar-refractivity contribution in [2.24, 2.45) is 17.8 Å². The van der Waals surface area contributed by atoms with Crippen LogP contribution in [0.15, 0.2) is 24.3 Å². The fourth-order valence-electron chi connectivity index (χ4n) is 3.60. The number of hydrogen-bond acceptors (Lipinski definition) is 3. The van der Waals surface area contributed by atoms with E-state index in [-0.39, 0.29) is 17.8 Å². The van der Waals surface area contributed by atoms with Crippen molar-refractivity contribution >= 4 is 17.8 Å². The van der Waals surface area contributed by atoms with Crippen molar-refractivity contribution in [2.45, 2.75) is 52.9 Å². The number of amides is 2. The Bertz CT molecular complexity index is 724. The lowest BCUT2D eigenvalue weighted by Crippen LogP contribution is -2.47. The maximum absolute atomic E-state index is 12.2. The number of likely N-dealkylation sites (tertiary alicyclic amines) is 1. The molecule has 7 nitrogen and oxygen atoms in total. The van der Waals surface area contributed by atoms with Gasteiger partial charge in [0.2, 0.25) is 6.03 Å². The van der Waals surface area contributed by atoms with Crippen molar-refractivity contribution in [2.75, 3.05) is 19.7 Å². The second-order valence-electron chi connectivity index (χ2n) is 8.54. The second kappa shape index (κ2) is 11.0. The largest absolute Gasteiger partial charge is 0.494 e. The first-order valence-electron chi connectivity index (χ1n) is 10.8. The van der Waals surface area contributed by atoms with Crippen molar-refractivity contribution in [3.05, 3.63) is 35.2 Å². The molecule has 1 saturated heterocycles. The van der Waals surface area contributed by atoms with Gasteiger partial charge in [-0.1, -0.05) is 38.7 Å². The van der Waals surface area contributed by atoms with Crippen LogP contribution in [0.1, 0.15) is 58.4 Å². The lowest BCUT2D eigenvalue weighted by Gasteiger charge is -2.37. The van der Waals surface area contributed by atoms with E-state index in [2.05, 4.69) is 12.2 Å². The molecule has 0 spiro atoms. The Morgan fingerprint density at radius 1 is 1.17 bits per heavy atom. The van der Waals surface area contributed by atoms with Crippen molar-refractivity contribution in [3.8, 4) is 5.75 Å². The first-order valence-corrected chi connectivity index (χ1v) is 10.8. The summed E-state index contributed by atoms with van der Waals surface area (Å²) in [6, 6.07) is 7.01. The Morgan fingerprint density at radius 3 is 2.30 bits per heavy atom. The summed E-state index contributed by atoms with van der Waals surface area (Å²) in [5.41, 5.74) is 0.762. The molecule has 30 heavy (non-hydrogen) atoms. The third kappa shape index (κ3) is 6.75. The fraction of sp³-hybridized carbons (Fsp3) is 0.609. The average Bonchev–Trinajstić information content (AvgIpc) is 2.73. The molecule has 0 unspecified atom stereocenters. The lowest BCUT2D eigenvalue weighted by atomic mass is 9.84. The summed E-state index contributed by atoms with van der Waals surface area (Å²) < 4.78 is 5.84. The number of urea groups is 1. The highest BCUT2D eigenvalue weighted by Crippen LogP contribution is 2.27. The van der Waals surface area contributed by atoms with Crippen LogP contribution < -0.4 is 10.1 Å². The van der Waals surface area contributed by atoms with Crippen molar-refractivity contribution in [1.82, 2.24) is 10.2 Å². The van der Waals surface area contributed by atoms with Crippen molar-refractivity contribution < 1.29 is 19.4 Å². The van der Waals surface area contributed by atoms with Crippen LogP contribution in [0.5, 0.6) is 5.75 Å². The van der Waals surface area contributed by atoms with Gasteiger partial charge in [0.1, 0.15) is 5.75 Å². The van der Waals surface area contributed by atoms with E-state index in [4.69, 9.17) is 9.84 Å². The smallest absolute Gasteiger partial charge is 0.310 e. The molecule has 0 aromatic heterocycles. The van der Waals surface area contributed by atoms with Crippen LogP contribution in [-0.2, 0) is 4.79 Å². The van der Waals surface area contributed by atoms with Gasteiger partial charge in [-0.15, -0.1) is 0 Å². The fourth-order valence-corrected chi connectivity index (χ4v) is 3.60. The SMILES string of the molecule is CC(C)C(=[N-])NC(=O)N1CCC([C@H](C)CCOc2ccc([C@H](C)C(=O)O)cc2)CC1. The summed E-state index contributed by atoms with van der Waals surface area (Å²) in [7, 11) is 0. The van der Waals surface area contributed by atoms with Crippen LogP contribution >= 0.6 is 0 Å². The van der Waals surface area contributed by atoms with E-state index in [1.54, 1.807) is 24.0 Å². The number of benzene rings is 1. The predicted molar refractivity (Wildman–Crippen MR) is 118 cm³/mol. The standard InChI is InChI=1S/C23H34N3O4/c1-15(2)21(24)25-23(29)26-12-9-18(10-13-26)16(3)11-14-30-20-7-5-19(6-8-20)17(4)22(27)28/h5-8,15-18H,9-14H2,1-4H3,(H2-,24,25,27,28,29)/q-1/t16-,17+/m1/s1. The van der Waals surface area contributed by atoms with Crippen LogP contribution in [0.3, 0.4) is 0 Å². The van der Waals surface area contributed by atoms with Crippen LogP contribution in [0.25, 0.3) is 5.41 Å². The van der Waals surface area contributed by atoms with Gasteiger partial charge >= 0.3 is 5.97 Å². The highest BCUT2D eigenvalue weighted by Gasteiger charge is 2.25. The average molecular weight is 417 g/mol. The number of ether oxygens (including phenoxy) is 1. The normalized spacial score (nSPS) is 16.8. The minimum Gasteiger partial charge on any atom is -0.494 e. The Balaban J connectivity index is 1.71.